The average molecular weight is 580 g/mol. The normalized spacial score (nSPS) is 28.8. The molecule has 5 fully saturated rings. The van der Waals surface area contributed by atoms with E-state index in [4.69, 9.17) is 9.84 Å². The van der Waals surface area contributed by atoms with Crippen LogP contribution in [0.15, 0.2) is 24.4 Å². The molecular weight excluding hydrogens is 538 g/mol. The summed E-state index contributed by atoms with van der Waals surface area (Å²) in [4.78, 5) is 55.9. The van der Waals surface area contributed by atoms with E-state index in [0.717, 1.165) is 30.7 Å². The lowest BCUT2D eigenvalue weighted by molar-refractivity contribution is -0.139. The van der Waals surface area contributed by atoms with Gasteiger partial charge in [0.1, 0.15) is 17.4 Å². The number of carbonyl (C=O) groups excluding carboxylic acids is 3. The number of carbonyl (C=O) groups is 4. The summed E-state index contributed by atoms with van der Waals surface area (Å²) in [5, 5.41) is 14.9. The van der Waals surface area contributed by atoms with E-state index < -0.39 is 18.2 Å². The van der Waals surface area contributed by atoms with Gasteiger partial charge in [0.2, 0.25) is 5.91 Å². The molecular formula is C31H41N5O6. The molecule has 1 unspecified atom stereocenters. The minimum atomic E-state index is -1.04. The standard InChI is InChI=1S/C31H41N5O6/c1-19(8-28(38)39)42-30(41)34-23-4-3-7-35(16-23)27(37)12-24-17-36-25(5-2-6-26(36)33-24)29(40)32-18-31-13-20-9-21(14-31)11-22(10-20)15-31/h2,5-6,17,19-23H,3-4,7-16,18H2,1H3,(H,32,40)(H,34,41)(H,38,39)/t19?,20?,21?,22?,23-,31?/m1/s1. The highest BCUT2D eigenvalue weighted by molar-refractivity contribution is 5.93. The Hall–Kier alpha value is -3.63. The molecule has 1 saturated heterocycles. The van der Waals surface area contributed by atoms with Crippen LogP contribution in [0.5, 0.6) is 0 Å². The number of hydrogen-bond donors (Lipinski definition) is 3. The van der Waals surface area contributed by atoms with Crippen LogP contribution in [0.3, 0.4) is 0 Å². The third-order valence-corrected chi connectivity index (χ3v) is 9.76. The van der Waals surface area contributed by atoms with Crippen molar-refractivity contribution in [1.29, 1.82) is 0 Å². The maximum absolute atomic E-state index is 13.4. The van der Waals surface area contributed by atoms with Crippen molar-refractivity contribution in [3.05, 3.63) is 35.8 Å². The molecule has 11 nitrogen and oxygen atoms in total. The van der Waals surface area contributed by atoms with Crippen molar-refractivity contribution < 1.29 is 29.0 Å². The van der Waals surface area contributed by atoms with Gasteiger partial charge >= 0.3 is 12.1 Å². The molecule has 3 amide bonds. The fourth-order valence-electron chi connectivity index (χ4n) is 8.46. The first-order chi connectivity index (χ1) is 20.1. The average Bonchev–Trinajstić information content (AvgIpc) is 3.33. The zero-order chi connectivity index (χ0) is 29.4. The van der Waals surface area contributed by atoms with Crippen LogP contribution < -0.4 is 10.6 Å². The fourth-order valence-corrected chi connectivity index (χ4v) is 8.46. The van der Waals surface area contributed by atoms with Crippen LogP contribution in [-0.4, -0.2) is 75.0 Å². The van der Waals surface area contributed by atoms with Gasteiger partial charge in [-0.05, 0) is 93.6 Å². The maximum atomic E-state index is 13.4. The Balaban J connectivity index is 1.05. The molecule has 4 saturated carbocycles. The molecule has 226 valence electrons. The predicted molar refractivity (Wildman–Crippen MR) is 153 cm³/mol. The smallest absolute Gasteiger partial charge is 0.407 e. The van der Waals surface area contributed by atoms with Crippen LogP contribution in [0.25, 0.3) is 5.65 Å². The number of ether oxygens (including phenoxy) is 1. The number of likely N-dealkylation sites (tertiary alicyclic amines) is 1. The van der Waals surface area contributed by atoms with E-state index >= 15 is 0 Å². The predicted octanol–water partition coefficient (Wildman–Crippen LogP) is 3.40. The van der Waals surface area contributed by atoms with Crippen LogP contribution in [-0.2, 0) is 20.7 Å². The number of nitrogens with zero attached hydrogens (tertiary/aromatic N) is 3. The molecule has 0 spiro atoms. The van der Waals surface area contributed by atoms with Crippen molar-refractivity contribution in [2.45, 2.75) is 83.3 Å². The number of pyridine rings is 1. The number of fused-ring (bicyclic) bond motifs is 1. The number of aromatic nitrogens is 2. The highest BCUT2D eigenvalue weighted by Gasteiger charge is 2.50. The van der Waals surface area contributed by atoms with Gasteiger partial charge in [0.25, 0.3) is 5.91 Å². The van der Waals surface area contributed by atoms with Crippen LogP contribution in [0.1, 0.15) is 80.9 Å². The minimum absolute atomic E-state index is 0.0861. The minimum Gasteiger partial charge on any atom is -0.481 e. The number of rotatable bonds is 9. The lowest BCUT2D eigenvalue weighted by atomic mass is 9.49. The van der Waals surface area contributed by atoms with Gasteiger partial charge in [-0.25, -0.2) is 9.78 Å². The van der Waals surface area contributed by atoms with E-state index in [0.29, 0.717) is 36.5 Å². The van der Waals surface area contributed by atoms with Gasteiger partial charge in [-0.1, -0.05) is 6.07 Å². The number of amides is 3. The first kappa shape index (κ1) is 28.5. The monoisotopic (exact) mass is 579 g/mol. The summed E-state index contributed by atoms with van der Waals surface area (Å²) in [6.07, 6.45) is 9.40. The Morgan fingerprint density at radius 2 is 1.83 bits per heavy atom. The first-order valence-corrected chi connectivity index (χ1v) is 15.4. The molecule has 42 heavy (non-hydrogen) atoms. The molecule has 7 rings (SSSR count). The number of carboxylic acid groups (broad SMARTS) is 1. The van der Waals surface area contributed by atoms with Crippen LogP contribution in [0.2, 0.25) is 0 Å². The van der Waals surface area contributed by atoms with Crippen molar-refractivity contribution in [3.63, 3.8) is 0 Å². The topological polar surface area (TPSA) is 142 Å². The van der Waals surface area contributed by atoms with Gasteiger partial charge < -0.3 is 25.4 Å². The molecule has 5 aliphatic rings. The van der Waals surface area contributed by atoms with E-state index in [1.165, 1.54) is 45.4 Å². The number of imidazole rings is 1. The van der Waals surface area contributed by atoms with Crippen LogP contribution >= 0.6 is 0 Å². The van der Waals surface area contributed by atoms with E-state index in [9.17, 15) is 19.2 Å². The number of aliphatic carboxylic acids is 1. The van der Waals surface area contributed by atoms with Gasteiger partial charge in [0.05, 0.1) is 18.5 Å². The second-order valence-electron chi connectivity index (χ2n) is 13.3. The fraction of sp³-hybridized carbons (Fsp3) is 0.645. The SMILES string of the molecule is CC(CC(=O)O)OC(=O)N[C@@H]1CCCN(C(=O)Cc2cn3c(C(=O)NCC45CC6CC(CC(C6)C4)C5)cccc3n2)C1. The van der Waals surface area contributed by atoms with E-state index in [1.807, 2.05) is 12.1 Å². The first-order valence-electron chi connectivity index (χ1n) is 15.4. The lowest BCUT2D eigenvalue weighted by Crippen LogP contribution is -2.51. The summed E-state index contributed by atoms with van der Waals surface area (Å²) in [5.41, 5.74) is 1.97. The van der Waals surface area contributed by atoms with Crippen LogP contribution in [0.4, 0.5) is 4.79 Å². The van der Waals surface area contributed by atoms with Crippen molar-refractivity contribution in [1.82, 2.24) is 24.9 Å². The summed E-state index contributed by atoms with van der Waals surface area (Å²) >= 11 is 0. The molecule has 0 aromatic carbocycles. The molecule has 3 heterocycles. The molecule has 0 radical (unpaired) electrons. The summed E-state index contributed by atoms with van der Waals surface area (Å²) in [5.74, 6) is 1.24. The molecule has 3 N–H and O–H groups in total. The summed E-state index contributed by atoms with van der Waals surface area (Å²) < 4.78 is 6.89. The molecule has 1 aliphatic heterocycles. The summed E-state index contributed by atoms with van der Waals surface area (Å²) in [6.45, 7) is 3.17. The zero-order valence-corrected chi connectivity index (χ0v) is 24.2. The van der Waals surface area contributed by atoms with Crippen molar-refractivity contribution in [3.8, 4) is 0 Å². The Bertz CT molecular complexity index is 1340. The largest absolute Gasteiger partial charge is 0.481 e. The molecule has 11 heteroatoms. The number of alkyl carbamates (subject to hydrolysis) is 1. The molecule has 2 atom stereocenters. The molecule has 2 aromatic rings. The molecule has 4 aliphatic carbocycles. The Morgan fingerprint density at radius 3 is 2.52 bits per heavy atom. The number of hydrogen-bond acceptors (Lipinski definition) is 6. The summed E-state index contributed by atoms with van der Waals surface area (Å²) in [6, 6.07) is 5.18. The lowest BCUT2D eigenvalue weighted by Gasteiger charge is -2.56. The highest BCUT2D eigenvalue weighted by Crippen LogP contribution is 2.59. The quantitative estimate of drug-likeness (QED) is 0.413. The zero-order valence-electron chi connectivity index (χ0n) is 24.2. The van der Waals surface area contributed by atoms with Crippen molar-refractivity contribution in [2.24, 2.45) is 23.2 Å². The second kappa shape index (κ2) is 11.6. The van der Waals surface area contributed by atoms with Gasteiger partial charge in [0, 0.05) is 31.9 Å². The van der Waals surface area contributed by atoms with Crippen molar-refractivity contribution >= 4 is 29.5 Å². The number of carboxylic acids is 1. The van der Waals surface area contributed by atoms with E-state index in [-0.39, 0.29) is 36.1 Å². The van der Waals surface area contributed by atoms with Gasteiger partial charge in [-0.3, -0.25) is 18.8 Å². The number of nitrogens with one attached hydrogen (secondary N) is 2. The second-order valence-corrected chi connectivity index (χ2v) is 13.3. The van der Waals surface area contributed by atoms with Gasteiger partial charge in [-0.15, -0.1) is 0 Å². The number of piperidine rings is 1. The molecule has 4 bridgehead atoms. The Kier molecular flexibility index (Phi) is 7.85. The highest BCUT2D eigenvalue weighted by atomic mass is 16.6. The van der Waals surface area contributed by atoms with E-state index in [1.54, 1.807) is 21.6 Å². The van der Waals surface area contributed by atoms with E-state index in [2.05, 4.69) is 15.6 Å². The van der Waals surface area contributed by atoms with Crippen LogP contribution in [0, 0.1) is 23.2 Å². The van der Waals surface area contributed by atoms with Crippen molar-refractivity contribution in [2.75, 3.05) is 19.6 Å². The third kappa shape index (κ3) is 6.24. The Morgan fingerprint density at radius 1 is 1.12 bits per heavy atom. The third-order valence-electron chi connectivity index (χ3n) is 9.76. The van der Waals surface area contributed by atoms with Gasteiger partial charge in [0.15, 0.2) is 0 Å². The van der Waals surface area contributed by atoms with Gasteiger partial charge in [-0.2, -0.15) is 0 Å². The maximum Gasteiger partial charge on any atom is 0.407 e. The Labute approximate surface area is 245 Å². The summed E-state index contributed by atoms with van der Waals surface area (Å²) in [7, 11) is 0. The molecule has 2 aromatic heterocycles.